The lowest BCUT2D eigenvalue weighted by Crippen LogP contribution is -2.30. The number of pyridine rings is 1. The number of aromatic nitrogens is 3. The first-order chi connectivity index (χ1) is 13.5. The van der Waals surface area contributed by atoms with Crippen LogP contribution in [-0.2, 0) is 6.54 Å². The van der Waals surface area contributed by atoms with Gasteiger partial charge in [-0.1, -0.05) is 23.2 Å². The summed E-state index contributed by atoms with van der Waals surface area (Å²) in [5.74, 6) is 0.254. The van der Waals surface area contributed by atoms with Crippen molar-refractivity contribution in [2.45, 2.75) is 26.3 Å². The molecule has 0 radical (unpaired) electrons. The van der Waals surface area contributed by atoms with Gasteiger partial charge in [0.2, 0.25) is 0 Å². The number of carbonyl (C=O) groups excluding carboxylic acids is 1. The van der Waals surface area contributed by atoms with Crippen molar-refractivity contribution in [2.24, 2.45) is 5.92 Å². The Hall–Kier alpha value is -2.15. The van der Waals surface area contributed by atoms with Crippen molar-refractivity contribution in [1.29, 1.82) is 0 Å². The van der Waals surface area contributed by atoms with Gasteiger partial charge in [-0.15, -0.1) is 0 Å². The molecule has 6 nitrogen and oxygen atoms in total. The average Bonchev–Trinajstić information content (AvgIpc) is 3.01. The van der Waals surface area contributed by atoms with Gasteiger partial charge in [-0.25, -0.2) is 9.67 Å². The zero-order chi connectivity index (χ0) is 19.7. The number of hydrogen-bond donors (Lipinski definition) is 2. The van der Waals surface area contributed by atoms with Crippen molar-refractivity contribution >= 4 is 45.8 Å². The van der Waals surface area contributed by atoms with Crippen LogP contribution in [0.25, 0.3) is 11.0 Å². The van der Waals surface area contributed by atoms with Crippen molar-refractivity contribution in [2.75, 3.05) is 18.4 Å². The second-order valence-corrected chi connectivity index (χ2v) is 7.92. The van der Waals surface area contributed by atoms with E-state index in [1.807, 2.05) is 11.6 Å². The van der Waals surface area contributed by atoms with Crippen LogP contribution < -0.4 is 10.6 Å². The molecule has 0 aliphatic carbocycles. The van der Waals surface area contributed by atoms with Crippen LogP contribution in [0.2, 0.25) is 10.0 Å². The summed E-state index contributed by atoms with van der Waals surface area (Å²) in [7, 11) is 0. The summed E-state index contributed by atoms with van der Waals surface area (Å²) in [6, 6.07) is 6.91. The first-order valence-electron chi connectivity index (χ1n) is 9.32. The van der Waals surface area contributed by atoms with Crippen LogP contribution in [-0.4, -0.2) is 33.8 Å². The van der Waals surface area contributed by atoms with Crippen molar-refractivity contribution in [3.8, 4) is 0 Å². The van der Waals surface area contributed by atoms with Gasteiger partial charge in [0, 0.05) is 23.5 Å². The maximum absolute atomic E-state index is 12.7. The molecule has 146 valence electrons. The van der Waals surface area contributed by atoms with E-state index in [0.29, 0.717) is 27.2 Å². The number of rotatable bonds is 4. The van der Waals surface area contributed by atoms with Crippen molar-refractivity contribution in [1.82, 2.24) is 20.1 Å². The number of nitrogens with zero attached hydrogens (tertiary/aromatic N) is 3. The minimum absolute atomic E-state index is 0.313. The first kappa shape index (κ1) is 19.2. The molecule has 0 unspecified atom stereocenters. The zero-order valence-electron chi connectivity index (χ0n) is 15.5. The molecule has 2 aromatic heterocycles. The molecular weight excluding hydrogens is 397 g/mol. The molecule has 0 atom stereocenters. The van der Waals surface area contributed by atoms with Crippen LogP contribution in [0, 0.1) is 12.8 Å². The molecule has 2 N–H and O–H groups in total. The SMILES string of the molecule is Cc1nn(CC2CCNCC2)c2ncc(C(=O)Nc3ccc(Cl)cc3)c(Cl)c12. The molecule has 4 rings (SSSR count). The molecule has 1 fully saturated rings. The highest BCUT2D eigenvalue weighted by atomic mass is 35.5. The van der Waals surface area contributed by atoms with Gasteiger partial charge in [0.05, 0.1) is 21.7 Å². The van der Waals surface area contributed by atoms with Gasteiger partial charge in [-0.3, -0.25) is 4.79 Å². The summed E-state index contributed by atoms with van der Waals surface area (Å²) in [6.45, 7) is 4.78. The fraction of sp³-hybridized carbons (Fsp3) is 0.350. The van der Waals surface area contributed by atoms with E-state index in [4.69, 9.17) is 23.2 Å². The van der Waals surface area contributed by atoms with Crippen LogP contribution >= 0.6 is 23.2 Å². The Bertz CT molecular complexity index is 1010. The number of nitrogens with one attached hydrogen (secondary N) is 2. The minimum Gasteiger partial charge on any atom is -0.322 e. The van der Waals surface area contributed by atoms with Crippen molar-refractivity contribution < 1.29 is 4.79 Å². The lowest BCUT2D eigenvalue weighted by atomic mass is 9.98. The third kappa shape index (κ3) is 3.85. The maximum atomic E-state index is 12.7. The predicted octanol–water partition coefficient (Wildman–Crippen LogP) is 4.30. The van der Waals surface area contributed by atoms with E-state index < -0.39 is 0 Å². The molecule has 28 heavy (non-hydrogen) atoms. The molecule has 1 aliphatic rings. The monoisotopic (exact) mass is 417 g/mol. The topological polar surface area (TPSA) is 71.8 Å². The first-order valence-corrected chi connectivity index (χ1v) is 10.1. The predicted molar refractivity (Wildman–Crippen MR) is 112 cm³/mol. The Morgan fingerprint density at radius 1 is 1.25 bits per heavy atom. The molecule has 0 spiro atoms. The summed E-state index contributed by atoms with van der Waals surface area (Å²) in [4.78, 5) is 17.2. The van der Waals surface area contributed by atoms with E-state index in [2.05, 4.69) is 20.7 Å². The Labute approximate surface area is 173 Å². The normalized spacial score (nSPS) is 15.1. The number of aryl methyl sites for hydroxylation is 1. The van der Waals surface area contributed by atoms with Gasteiger partial charge in [0.25, 0.3) is 5.91 Å². The van der Waals surface area contributed by atoms with Gasteiger partial charge in [0.15, 0.2) is 5.65 Å². The summed E-state index contributed by atoms with van der Waals surface area (Å²) in [6.07, 6.45) is 3.77. The zero-order valence-corrected chi connectivity index (χ0v) is 17.0. The lowest BCUT2D eigenvalue weighted by molar-refractivity contribution is 0.102. The van der Waals surface area contributed by atoms with E-state index in [-0.39, 0.29) is 5.91 Å². The third-order valence-corrected chi connectivity index (χ3v) is 5.75. The fourth-order valence-corrected chi connectivity index (χ4v) is 4.08. The van der Waals surface area contributed by atoms with Gasteiger partial charge in [-0.05, 0) is 63.0 Å². The largest absolute Gasteiger partial charge is 0.322 e. The highest BCUT2D eigenvalue weighted by Crippen LogP contribution is 2.30. The van der Waals surface area contributed by atoms with E-state index in [9.17, 15) is 4.79 Å². The average molecular weight is 418 g/mol. The Kier molecular flexibility index (Phi) is 5.53. The summed E-state index contributed by atoms with van der Waals surface area (Å²) >= 11 is 12.5. The van der Waals surface area contributed by atoms with Crippen LogP contribution in [0.1, 0.15) is 28.9 Å². The lowest BCUT2D eigenvalue weighted by Gasteiger charge is -2.22. The van der Waals surface area contributed by atoms with Crippen molar-refractivity contribution in [3.05, 3.63) is 51.8 Å². The van der Waals surface area contributed by atoms with Gasteiger partial charge < -0.3 is 10.6 Å². The van der Waals surface area contributed by atoms with Gasteiger partial charge in [-0.2, -0.15) is 5.10 Å². The second kappa shape index (κ2) is 8.07. The van der Waals surface area contributed by atoms with E-state index >= 15 is 0 Å². The summed E-state index contributed by atoms with van der Waals surface area (Å²) < 4.78 is 1.92. The molecule has 0 saturated carbocycles. The Balaban J connectivity index is 1.62. The smallest absolute Gasteiger partial charge is 0.258 e. The molecule has 1 aromatic carbocycles. The summed E-state index contributed by atoms with van der Waals surface area (Å²) in [5, 5.41) is 12.6. The highest BCUT2D eigenvalue weighted by Gasteiger charge is 2.21. The van der Waals surface area contributed by atoms with E-state index in [1.54, 1.807) is 24.3 Å². The number of benzene rings is 1. The number of anilines is 1. The number of amides is 1. The molecule has 1 aliphatic heterocycles. The Morgan fingerprint density at radius 2 is 1.96 bits per heavy atom. The van der Waals surface area contributed by atoms with Gasteiger partial charge in [0.1, 0.15) is 0 Å². The molecule has 1 amide bonds. The number of piperidine rings is 1. The molecular formula is C20H21Cl2N5O. The third-order valence-electron chi connectivity index (χ3n) is 5.11. The summed E-state index contributed by atoms with van der Waals surface area (Å²) in [5.41, 5.74) is 2.48. The van der Waals surface area contributed by atoms with Crippen LogP contribution in [0.4, 0.5) is 5.69 Å². The standard InChI is InChI=1S/C20H21Cl2N5O/c1-12-17-18(22)16(20(28)25-15-4-2-14(21)3-5-15)10-24-19(17)27(26-12)11-13-6-8-23-9-7-13/h2-5,10,13,23H,6-9,11H2,1H3,(H,25,28). The van der Waals surface area contributed by atoms with Crippen molar-refractivity contribution in [3.63, 3.8) is 0 Å². The number of hydrogen-bond acceptors (Lipinski definition) is 4. The number of halogens is 2. The molecule has 3 heterocycles. The number of fused-ring (bicyclic) bond motifs is 1. The van der Waals surface area contributed by atoms with E-state index in [1.165, 1.54) is 6.20 Å². The fourth-order valence-electron chi connectivity index (χ4n) is 3.60. The Morgan fingerprint density at radius 3 is 2.68 bits per heavy atom. The van der Waals surface area contributed by atoms with Crippen LogP contribution in [0.5, 0.6) is 0 Å². The molecule has 8 heteroatoms. The van der Waals surface area contributed by atoms with Crippen LogP contribution in [0.15, 0.2) is 30.5 Å². The van der Waals surface area contributed by atoms with Crippen LogP contribution in [0.3, 0.4) is 0 Å². The molecule has 1 saturated heterocycles. The van der Waals surface area contributed by atoms with E-state index in [0.717, 1.165) is 49.2 Å². The number of carbonyl (C=O) groups is 1. The molecule has 0 bridgehead atoms. The molecule has 3 aromatic rings. The quantitative estimate of drug-likeness (QED) is 0.663. The van der Waals surface area contributed by atoms with Gasteiger partial charge >= 0.3 is 0 Å². The second-order valence-electron chi connectivity index (χ2n) is 7.11. The maximum Gasteiger partial charge on any atom is 0.258 e. The minimum atomic E-state index is -0.313. The highest BCUT2D eigenvalue weighted by molar-refractivity contribution is 6.39.